The molecule has 3 nitrogen and oxygen atoms in total. The quantitative estimate of drug-likeness (QED) is 0.754. The van der Waals surface area contributed by atoms with Crippen LogP contribution >= 0.6 is 0 Å². The molecule has 0 fully saturated rings. The SMILES string of the molecule is CCc1cc(C(=O)c2ccccc2)c(CC)c(OC)c1OC. The normalized spacial score (nSPS) is 10.4. The topological polar surface area (TPSA) is 35.5 Å². The number of carbonyl (C=O) groups is 1. The molecule has 116 valence electrons. The van der Waals surface area contributed by atoms with E-state index in [0.717, 1.165) is 23.3 Å². The summed E-state index contributed by atoms with van der Waals surface area (Å²) in [5.74, 6) is 1.42. The summed E-state index contributed by atoms with van der Waals surface area (Å²) in [6.45, 7) is 4.06. The van der Waals surface area contributed by atoms with Gasteiger partial charge in [-0.05, 0) is 24.5 Å². The molecule has 0 heterocycles. The third-order valence-corrected chi connectivity index (χ3v) is 3.84. The molecular weight excluding hydrogens is 276 g/mol. The second-order valence-electron chi connectivity index (χ2n) is 5.03. The van der Waals surface area contributed by atoms with Crippen LogP contribution in [0.5, 0.6) is 11.5 Å². The minimum Gasteiger partial charge on any atom is -0.493 e. The van der Waals surface area contributed by atoms with Crippen molar-refractivity contribution in [1.82, 2.24) is 0 Å². The summed E-state index contributed by atoms with van der Waals surface area (Å²) in [5.41, 5.74) is 3.26. The zero-order valence-electron chi connectivity index (χ0n) is 13.6. The Bertz CT molecular complexity index is 660. The van der Waals surface area contributed by atoms with Gasteiger partial charge in [-0.3, -0.25) is 4.79 Å². The van der Waals surface area contributed by atoms with Crippen LogP contribution in [-0.4, -0.2) is 20.0 Å². The molecule has 0 aliphatic carbocycles. The fourth-order valence-electron chi connectivity index (χ4n) is 2.73. The monoisotopic (exact) mass is 298 g/mol. The lowest BCUT2D eigenvalue weighted by Gasteiger charge is -2.19. The van der Waals surface area contributed by atoms with Gasteiger partial charge in [-0.15, -0.1) is 0 Å². The van der Waals surface area contributed by atoms with Crippen LogP contribution in [0.2, 0.25) is 0 Å². The Morgan fingerprint density at radius 3 is 2.09 bits per heavy atom. The van der Waals surface area contributed by atoms with Crippen molar-refractivity contribution in [3.8, 4) is 11.5 Å². The summed E-state index contributed by atoms with van der Waals surface area (Å²) in [4.78, 5) is 12.9. The van der Waals surface area contributed by atoms with Crippen LogP contribution in [0.25, 0.3) is 0 Å². The molecule has 3 heteroatoms. The van der Waals surface area contributed by atoms with Crippen LogP contribution in [0, 0.1) is 0 Å². The molecular formula is C19H22O3. The Labute approximate surface area is 131 Å². The van der Waals surface area contributed by atoms with Crippen LogP contribution in [0.15, 0.2) is 36.4 Å². The maximum Gasteiger partial charge on any atom is 0.193 e. The van der Waals surface area contributed by atoms with E-state index < -0.39 is 0 Å². The van der Waals surface area contributed by atoms with Gasteiger partial charge in [0.15, 0.2) is 17.3 Å². The number of rotatable bonds is 6. The standard InChI is InChI=1S/C19H22O3/c1-5-13-12-16(17(20)14-10-8-7-9-11-14)15(6-2)19(22-4)18(13)21-3/h7-12H,5-6H2,1-4H3. The van der Waals surface area contributed by atoms with Gasteiger partial charge in [0.25, 0.3) is 0 Å². The first-order chi connectivity index (χ1) is 10.7. The van der Waals surface area contributed by atoms with Crippen molar-refractivity contribution in [2.45, 2.75) is 26.7 Å². The van der Waals surface area contributed by atoms with Crippen LogP contribution in [0.1, 0.15) is 40.9 Å². The maximum atomic E-state index is 12.9. The summed E-state index contributed by atoms with van der Waals surface area (Å²) in [5, 5.41) is 0. The first-order valence-corrected chi connectivity index (χ1v) is 7.54. The third kappa shape index (κ3) is 2.84. The number of hydrogen-bond donors (Lipinski definition) is 0. The lowest BCUT2D eigenvalue weighted by atomic mass is 9.92. The van der Waals surface area contributed by atoms with E-state index in [1.165, 1.54) is 0 Å². The van der Waals surface area contributed by atoms with E-state index in [1.807, 2.05) is 50.2 Å². The van der Waals surface area contributed by atoms with E-state index in [9.17, 15) is 4.79 Å². The van der Waals surface area contributed by atoms with Crippen LogP contribution < -0.4 is 9.47 Å². The number of ether oxygens (including phenoxy) is 2. The van der Waals surface area contributed by atoms with Gasteiger partial charge in [0.1, 0.15) is 0 Å². The summed E-state index contributed by atoms with van der Waals surface area (Å²) in [6.07, 6.45) is 1.48. The Hall–Kier alpha value is -2.29. The van der Waals surface area contributed by atoms with Crippen molar-refractivity contribution in [1.29, 1.82) is 0 Å². The molecule has 0 N–H and O–H groups in total. The van der Waals surface area contributed by atoms with Gasteiger partial charge in [-0.2, -0.15) is 0 Å². The average Bonchev–Trinajstić information content (AvgIpc) is 2.59. The number of aryl methyl sites for hydroxylation is 1. The molecule has 0 saturated heterocycles. The molecule has 2 aromatic rings. The highest BCUT2D eigenvalue weighted by Gasteiger charge is 2.22. The van der Waals surface area contributed by atoms with E-state index >= 15 is 0 Å². The van der Waals surface area contributed by atoms with Gasteiger partial charge < -0.3 is 9.47 Å². The van der Waals surface area contributed by atoms with Crippen molar-refractivity contribution in [3.63, 3.8) is 0 Å². The molecule has 0 unspecified atom stereocenters. The molecule has 22 heavy (non-hydrogen) atoms. The maximum absolute atomic E-state index is 12.9. The molecule has 0 aliphatic heterocycles. The lowest BCUT2D eigenvalue weighted by molar-refractivity contribution is 0.103. The highest BCUT2D eigenvalue weighted by atomic mass is 16.5. The second-order valence-corrected chi connectivity index (χ2v) is 5.03. The molecule has 2 aromatic carbocycles. The molecule has 0 atom stereocenters. The van der Waals surface area contributed by atoms with E-state index in [2.05, 4.69) is 0 Å². The largest absolute Gasteiger partial charge is 0.493 e. The zero-order valence-corrected chi connectivity index (χ0v) is 13.6. The first-order valence-electron chi connectivity index (χ1n) is 7.54. The number of ketones is 1. The van der Waals surface area contributed by atoms with Crippen LogP contribution in [0.3, 0.4) is 0 Å². The summed E-state index contributed by atoms with van der Waals surface area (Å²) in [6, 6.07) is 11.3. The second kappa shape index (κ2) is 7.12. The molecule has 0 aliphatic rings. The zero-order chi connectivity index (χ0) is 16.1. The number of carbonyl (C=O) groups excluding carboxylic acids is 1. The molecule has 0 amide bonds. The molecule has 2 rings (SSSR count). The highest BCUT2D eigenvalue weighted by Crippen LogP contribution is 2.38. The summed E-state index contributed by atoms with van der Waals surface area (Å²) >= 11 is 0. The molecule has 0 bridgehead atoms. The average molecular weight is 298 g/mol. The van der Waals surface area contributed by atoms with Crippen molar-refractivity contribution >= 4 is 5.78 Å². The Balaban J connectivity index is 2.67. The van der Waals surface area contributed by atoms with Gasteiger partial charge in [0.05, 0.1) is 14.2 Å². The molecule has 0 aromatic heterocycles. The Morgan fingerprint density at radius 2 is 1.59 bits per heavy atom. The van der Waals surface area contributed by atoms with E-state index in [-0.39, 0.29) is 5.78 Å². The predicted molar refractivity (Wildman–Crippen MR) is 88.2 cm³/mol. The third-order valence-electron chi connectivity index (χ3n) is 3.84. The van der Waals surface area contributed by atoms with Gasteiger partial charge in [0.2, 0.25) is 0 Å². The van der Waals surface area contributed by atoms with E-state index in [0.29, 0.717) is 23.3 Å². The van der Waals surface area contributed by atoms with Crippen molar-refractivity contribution in [3.05, 3.63) is 58.7 Å². The lowest BCUT2D eigenvalue weighted by Crippen LogP contribution is -2.09. The van der Waals surface area contributed by atoms with Crippen molar-refractivity contribution in [2.75, 3.05) is 14.2 Å². The minimum atomic E-state index is 0.0214. The van der Waals surface area contributed by atoms with Crippen molar-refractivity contribution in [2.24, 2.45) is 0 Å². The highest BCUT2D eigenvalue weighted by molar-refractivity contribution is 6.10. The van der Waals surface area contributed by atoms with Gasteiger partial charge >= 0.3 is 0 Å². The van der Waals surface area contributed by atoms with Crippen LogP contribution in [-0.2, 0) is 12.8 Å². The minimum absolute atomic E-state index is 0.0214. The predicted octanol–water partition coefficient (Wildman–Crippen LogP) is 4.06. The molecule has 0 spiro atoms. The Morgan fingerprint density at radius 1 is 0.955 bits per heavy atom. The molecule has 0 radical (unpaired) electrons. The summed E-state index contributed by atoms with van der Waals surface area (Å²) in [7, 11) is 3.25. The fraction of sp³-hybridized carbons (Fsp3) is 0.316. The van der Waals surface area contributed by atoms with Crippen LogP contribution in [0.4, 0.5) is 0 Å². The van der Waals surface area contributed by atoms with E-state index in [4.69, 9.17) is 9.47 Å². The van der Waals surface area contributed by atoms with Gasteiger partial charge in [-0.1, -0.05) is 44.2 Å². The van der Waals surface area contributed by atoms with Crippen molar-refractivity contribution < 1.29 is 14.3 Å². The van der Waals surface area contributed by atoms with Gasteiger partial charge in [0, 0.05) is 16.7 Å². The molecule has 0 saturated carbocycles. The number of hydrogen-bond acceptors (Lipinski definition) is 3. The smallest absolute Gasteiger partial charge is 0.193 e. The summed E-state index contributed by atoms with van der Waals surface area (Å²) < 4.78 is 11.1. The van der Waals surface area contributed by atoms with E-state index in [1.54, 1.807) is 14.2 Å². The fourth-order valence-corrected chi connectivity index (χ4v) is 2.73. The Kier molecular flexibility index (Phi) is 5.21. The number of methoxy groups -OCH3 is 2. The first kappa shape index (κ1) is 16.1. The van der Waals surface area contributed by atoms with Gasteiger partial charge in [-0.25, -0.2) is 0 Å². The number of benzene rings is 2.